The van der Waals surface area contributed by atoms with Gasteiger partial charge in [0, 0.05) is 11.9 Å². The van der Waals surface area contributed by atoms with Gasteiger partial charge in [-0.3, -0.25) is 9.78 Å². The van der Waals surface area contributed by atoms with Gasteiger partial charge in [0.05, 0.1) is 16.1 Å². The minimum Gasteiger partial charge on any atom is -0.391 e. The Bertz CT molecular complexity index is 478. The molecule has 5 heteroatoms. The van der Waals surface area contributed by atoms with Crippen molar-refractivity contribution in [1.29, 1.82) is 0 Å². The first-order chi connectivity index (χ1) is 9.03. The molecule has 3 N–H and O–H groups in total. The van der Waals surface area contributed by atoms with E-state index in [4.69, 9.17) is 18.0 Å². The highest BCUT2D eigenvalue weighted by Crippen LogP contribution is 2.28. The molecule has 1 aromatic rings. The third-order valence-electron chi connectivity index (χ3n) is 3.71. The number of carbonyl (C=O) groups excluding carboxylic acids is 1. The number of aromatic nitrogens is 1. The highest BCUT2D eigenvalue weighted by molar-refractivity contribution is 7.80. The van der Waals surface area contributed by atoms with E-state index in [9.17, 15) is 4.79 Å². The zero-order valence-electron chi connectivity index (χ0n) is 11.1. The van der Waals surface area contributed by atoms with Crippen molar-refractivity contribution in [3.63, 3.8) is 0 Å². The van der Waals surface area contributed by atoms with E-state index in [1.807, 2.05) is 13.0 Å². The van der Waals surface area contributed by atoms with E-state index in [-0.39, 0.29) is 5.91 Å². The molecule has 1 heterocycles. The van der Waals surface area contributed by atoms with Crippen LogP contribution >= 0.6 is 12.2 Å². The van der Waals surface area contributed by atoms with Crippen molar-refractivity contribution in [3.8, 4) is 0 Å². The lowest BCUT2D eigenvalue weighted by Gasteiger charge is -2.37. The van der Waals surface area contributed by atoms with Crippen LogP contribution in [-0.2, 0) is 0 Å². The maximum atomic E-state index is 12.3. The average Bonchev–Trinajstić information content (AvgIpc) is 2.40. The summed E-state index contributed by atoms with van der Waals surface area (Å²) >= 11 is 5.16. The summed E-state index contributed by atoms with van der Waals surface area (Å²) in [5, 5.41) is 3.02. The van der Waals surface area contributed by atoms with Gasteiger partial charge in [-0.2, -0.15) is 0 Å². The fourth-order valence-corrected chi connectivity index (χ4v) is 2.74. The van der Waals surface area contributed by atoms with Gasteiger partial charge in [0.2, 0.25) is 0 Å². The van der Waals surface area contributed by atoms with E-state index >= 15 is 0 Å². The van der Waals surface area contributed by atoms with E-state index in [0.717, 1.165) is 31.4 Å². The predicted octanol–water partition coefficient (Wildman–Crippen LogP) is 2.11. The van der Waals surface area contributed by atoms with Gasteiger partial charge in [-0.1, -0.05) is 31.5 Å². The van der Waals surface area contributed by atoms with Crippen LogP contribution in [0, 0.1) is 6.92 Å². The summed E-state index contributed by atoms with van der Waals surface area (Å²) in [7, 11) is 0. The fourth-order valence-electron chi connectivity index (χ4n) is 2.48. The molecule has 4 nitrogen and oxygen atoms in total. The zero-order valence-corrected chi connectivity index (χ0v) is 11.9. The van der Waals surface area contributed by atoms with Crippen LogP contribution in [0.4, 0.5) is 0 Å². The Kier molecular flexibility index (Phi) is 4.14. The summed E-state index contributed by atoms with van der Waals surface area (Å²) in [6.45, 7) is 1.89. The molecule has 19 heavy (non-hydrogen) atoms. The third kappa shape index (κ3) is 3.10. The van der Waals surface area contributed by atoms with Gasteiger partial charge in [0.25, 0.3) is 5.91 Å². The van der Waals surface area contributed by atoms with Crippen LogP contribution in [0.5, 0.6) is 0 Å². The van der Waals surface area contributed by atoms with E-state index in [1.165, 1.54) is 6.42 Å². The number of hydrogen-bond donors (Lipinski definition) is 2. The van der Waals surface area contributed by atoms with Gasteiger partial charge in [0.15, 0.2) is 0 Å². The molecule has 0 aliphatic heterocycles. The maximum Gasteiger partial charge on any atom is 0.253 e. The number of pyridine rings is 1. The van der Waals surface area contributed by atoms with E-state index in [2.05, 4.69) is 10.3 Å². The van der Waals surface area contributed by atoms with Crippen molar-refractivity contribution in [2.45, 2.75) is 44.6 Å². The van der Waals surface area contributed by atoms with Gasteiger partial charge in [-0.05, 0) is 31.9 Å². The summed E-state index contributed by atoms with van der Waals surface area (Å²) in [6, 6.07) is 3.59. The van der Waals surface area contributed by atoms with E-state index in [1.54, 1.807) is 12.3 Å². The number of carbonyl (C=O) groups is 1. The monoisotopic (exact) mass is 277 g/mol. The second kappa shape index (κ2) is 5.65. The first-order valence-electron chi connectivity index (χ1n) is 6.59. The molecule has 0 saturated heterocycles. The lowest BCUT2D eigenvalue weighted by molar-refractivity contribution is 0.0908. The number of nitrogens with zero attached hydrogens (tertiary/aromatic N) is 1. The van der Waals surface area contributed by atoms with Crippen molar-refractivity contribution in [3.05, 3.63) is 29.6 Å². The molecule has 102 valence electrons. The lowest BCUT2D eigenvalue weighted by Crippen LogP contribution is -2.57. The largest absolute Gasteiger partial charge is 0.391 e. The van der Waals surface area contributed by atoms with Crippen molar-refractivity contribution >= 4 is 23.1 Å². The molecule has 1 aromatic heterocycles. The summed E-state index contributed by atoms with van der Waals surface area (Å²) in [5.74, 6) is -0.151. The molecule has 1 saturated carbocycles. The molecule has 1 fully saturated rings. The number of rotatable bonds is 3. The number of nitrogens with one attached hydrogen (secondary N) is 1. The molecular formula is C14H19N3OS. The van der Waals surface area contributed by atoms with Crippen molar-refractivity contribution in [1.82, 2.24) is 10.3 Å². The molecule has 0 spiro atoms. The normalized spacial score (nSPS) is 17.7. The van der Waals surface area contributed by atoms with E-state index < -0.39 is 5.54 Å². The van der Waals surface area contributed by atoms with Crippen LogP contribution in [0.25, 0.3) is 0 Å². The molecule has 0 bridgehead atoms. The first-order valence-corrected chi connectivity index (χ1v) is 6.99. The Morgan fingerprint density at radius 2 is 2.05 bits per heavy atom. The molecule has 1 aliphatic rings. The minimum atomic E-state index is -0.518. The number of nitrogens with two attached hydrogens (primary N) is 1. The Labute approximate surface area is 118 Å². The Hall–Kier alpha value is -1.49. The topological polar surface area (TPSA) is 68.0 Å². The van der Waals surface area contributed by atoms with Crippen LogP contribution in [0.15, 0.2) is 18.3 Å². The van der Waals surface area contributed by atoms with E-state index in [0.29, 0.717) is 10.6 Å². The summed E-state index contributed by atoms with van der Waals surface area (Å²) in [6.07, 6.45) is 6.50. The van der Waals surface area contributed by atoms with Crippen molar-refractivity contribution in [2.24, 2.45) is 5.73 Å². The highest BCUT2D eigenvalue weighted by atomic mass is 32.1. The number of thiocarbonyl (C=S) groups is 1. The van der Waals surface area contributed by atoms with Crippen LogP contribution in [0.1, 0.15) is 48.2 Å². The number of hydrogen-bond acceptors (Lipinski definition) is 3. The minimum absolute atomic E-state index is 0.151. The molecule has 1 amide bonds. The second-order valence-electron chi connectivity index (χ2n) is 5.15. The lowest BCUT2D eigenvalue weighted by atomic mass is 9.81. The second-order valence-corrected chi connectivity index (χ2v) is 5.59. The summed E-state index contributed by atoms with van der Waals surface area (Å²) < 4.78 is 0. The average molecular weight is 277 g/mol. The standard InChI is InChI=1S/C14H19N3OS/c1-10-5-6-11(9-16-10)12(18)17-14(13(15)19)7-3-2-4-8-14/h5-6,9H,2-4,7-8H2,1H3,(H2,15,19)(H,17,18). The Balaban J connectivity index is 2.15. The molecule has 0 unspecified atom stereocenters. The molecule has 1 aliphatic carbocycles. The quantitative estimate of drug-likeness (QED) is 0.830. The number of aryl methyl sites for hydroxylation is 1. The first kappa shape index (κ1) is 13.9. The summed E-state index contributed by atoms with van der Waals surface area (Å²) in [4.78, 5) is 16.8. The van der Waals surface area contributed by atoms with Crippen LogP contribution in [0.2, 0.25) is 0 Å². The third-order valence-corrected chi connectivity index (χ3v) is 4.10. The summed E-state index contributed by atoms with van der Waals surface area (Å²) in [5.41, 5.74) is 6.77. The molecule has 0 radical (unpaired) electrons. The van der Waals surface area contributed by atoms with Crippen LogP contribution in [0.3, 0.4) is 0 Å². The van der Waals surface area contributed by atoms with Gasteiger partial charge in [-0.15, -0.1) is 0 Å². The SMILES string of the molecule is Cc1ccc(C(=O)NC2(C(N)=S)CCCCC2)cn1. The van der Waals surface area contributed by atoms with Crippen LogP contribution < -0.4 is 11.1 Å². The van der Waals surface area contributed by atoms with Crippen LogP contribution in [-0.4, -0.2) is 21.4 Å². The molecule has 2 rings (SSSR count). The Morgan fingerprint density at radius 1 is 1.37 bits per heavy atom. The number of amides is 1. The van der Waals surface area contributed by atoms with Gasteiger partial charge in [-0.25, -0.2) is 0 Å². The smallest absolute Gasteiger partial charge is 0.253 e. The van der Waals surface area contributed by atoms with Gasteiger partial charge in [0.1, 0.15) is 0 Å². The zero-order chi connectivity index (χ0) is 13.9. The fraction of sp³-hybridized carbons (Fsp3) is 0.500. The van der Waals surface area contributed by atoms with Crippen molar-refractivity contribution in [2.75, 3.05) is 0 Å². The highest BCUT2D eigenvalue weighted by Gasteiger charge is 2.36. The molecule has 0 atom stereocenters. The van der Waals surface area contributed by atoms with Gasteiger partial charge >= 0.3 is 0 Å². The molecule has 0 aromatic carbocycles. The van der Waals surface area contributed by atoms with Gasteiger partial charge < -0.3 is 11.1 Å². The molecular weight excluding hydrogens is 258 g/mol. The Morgan fingerprint density at radius 3 is 2.58 bits per heavy atom. The predicted molar refractivity (Wildman–Crippen MR) is 79.0 cm³/mol. The van der Waals surface area contributed by atoms with Crippen molar-refractivity contribution < 1.29 is 4.79 Å². The maximum absolute atomic E-state index is 12.3.